The standard InChI is InChI=1S/C18H20Cl2N2/c19-17-7-6-15(10-18(17)20)11-21-16-8-9-22(13-16)12-14-4-2-1-3-5-14/h1-7,10,16,21H,8-9,11-13H2/t16-/m1/s1. The lowest BCUT2D eigenvalue weighted by Crippen LogP contribution is -2.31. The lowest BCUT2D eigenvalue weighted by Gasteiger charge is -2.17. The van der Waals surface area contributed by atoms with E-state index >= 15 is 0 Å². The maximum Gasteiger partial charge on any atom is 0.0595 e. The van der Waals surface area contributed by atoms with Gasteiger partial charge in [0.15, 0.2) is 0 Å². The van der Waals surface area contributed by atoms with E-state index in [4.69, 9.17) is 23.2 Å². The van der Waals surface area contributed by atoms with E-state index in [-0.39, 0.29) is 0 Å². The molecule has 0 amide bonds. The molecule has 1 aliphatic heterocycles. The predicted molar refractivity (Wildman–Crippen MR) is 93.4 cm³/mol. The minimum absolute atomic E-state index is 0.540. The van der Waals surface area contributed by atoms with Gasteiger partial charge in [-0.3, -0.25) is 4.90 Å². The summed E-state index contributed by atoms with van der Waals surface area (Å²) >= 11 is 12.0. The van der Waals surface area contributed by atoms with Crippen molar-refractivity contribution in [1.29, 1.82) is 0 Å². The third-order valence-electron chi connectivity index (χ3n) is 4.10. The van der Waals surface area contributed by atoms with Crippen molar-refractivity contribution in [3.63, 3.8) is 0 Å². The highest BCUT2D eigenvalue weighted by molar-refractivity contribution is 6.42. The Bertz CT molecular complexity index is 616. The second kappa shape index (κ2) is 7.47. The summed E-state index contributed by atoms with van der Waals surface area (Å²) in [5.41, 5.74) is 2.56. The van der Waals surface area contributed by atoms with Gasteiger partial charge in [-0.25, -0.2) is 0 Å². The highest BCUT2D eigenvalue weighted by Crippen LogP contribution is 2.22. The van der Waals surface area contributed by atoms with Crippen molar-refractivity contribution in [3.05, 3.63) is 69.7 Å². The van der Waals surface area contributed by atoms with Crippen LogP contribution in [0.4, 0.5) is 0 Å². The Labute approximate surface area is 142 Å². The molecule has 1 heterocycles. The van der Waals surface area contributed by atoms with Crippen LogP contribution in [0.15, 0.2) is 48.5 Å². The van der Waals surface area contributed by atoms with Crippen molar-refractivity contribution in [2.45, 2.75) is 25.6 Å². The summed E-state index contributed by atoms with van der Waals surface area (Å²) < 4.78 is 0. The van der Waals surface area contributed by atoms with Crippen LogP contribution in [0.1, 0.15) is 17.5 Å². The van der Waals surface area contributed by atoms with Gasteiger partial charge in [-0.15, -0.1) is 0 Å². The highest BCUT2D eigenvalue weighted by Gasteiger charge is 2.21. The first-order valence-electron chi connectivity index (χ1n) is 7.64. The van der Waals surface area contributed by atoms with Gasteiger partial charge in [0, 0.05) is 32.2 Å². The van der Waals surface area contributed by atoms with Gasteiger partial charge in [0.2, 0.25) is 0 Å². The molecule has 0 bridgehead atoms. The fourth-order valence-corrected chi connectivity index (χ4v) is 3.22. The monoisotopic (exact) mass is 334 g/mol. The van der Waals surface area contributed by atoms with Crippen LogP contribution in [0.2, 0.25) is 10.0 Å². The summed E-state index contributed by atoms with van der Waals surface area (Å²) in [7, 11) is 0. The summed E-state index contributed by atoms with van der Waals surface area (Å²) in [5.74, 6) is 0. The summed E-state index contributed by atoms with van der Waals surface area (Å²) in [6.07, 6.45) is 1.19. The first kappa shape index (κ1) is 15.8. The van der Waals surface area contributed by atoms with Gasteiger partial charge in [0.1, 0.15) is 0 Å². The number of likely N-dealkylation sites (tertiary alicyclic amines) is 1. The van der Waals surface area contributed by atoms with E-state index in [2.05, 4.69) is 40.5 Å². The zero-order valence-electron chi connectivity index (χ0n) is 12.4. The smallest absolute Gasteiger partial charge is 0.0595 e. The Balaban J connectivity index is 1.47. The molecule has 0 radical (unpaired) electrons. The van der Waals surface area contributed by atoms with Gasteiger partial charge in [-0.05, 0) is 29.7 Å². The third-order valence-corrected chi connectivity index (χ3v) is 4.84. The molecule has 0 aliphatic carbocycles. The van der Waals surface area contributed by atoms with E-state index in [9.17, 15) is 0 Å². The van der Waals surface area contributed by atoms with Crippen LogP contribution < -0.4 is 5.32 Å². The Morgan fingerprint density at radius 1 is 1.00 bits per heavy atom. The van der Waals surface area contributed by atoms with Gasteiger partial charge in [0.05, 0.1) is 10.0 Å². The van der Waals surface area contributed by atoms with Gasteiger partial charge in [-0.2, -0.15) is 0 Å². The highest BCUT2D eigenvalue weighted by atomic mass is 35.5. The van der Waals surface area contributed by atoms with E-state index in [1.54, 1.807) is 0 Å². The fourth-order valence-electron chi connectivity index (χ4n) is 2.90. The average Bonchev–Trinajstić information content (AvgIpc) is 2.97. The largest absolute Gasteiger partial charge is 0.309 e. The van der Waals surface area contributed by atoms with Crippen molar-refractivity contribution >= 4 is 23.2 Å². The molecule has 1 saturated heterocycles. The Kier molecular flexibility index (Phi) is 5.37. The average molecular weight is 335 g/mol. The first-order valence-corrected chi connectivity index (χ1v) is 8.40. The SMILES string of the molecule is Clc1ccc(CN[C@@H]2CCN(Cc3ccccc3)C2)cc1Cl. The zero-order chi connectivity index (χ0) is 15.4. The van der Waals surface area contributed by atoms with Crippen LogP contribution >= 0.6 is 23.2 Å². The number of benzene rings is 2. The molecule has 1 N–H and O–H groups in total. The molecule has 0 unspecified atom stereocenters. The minimum atomic E-state index is 0.540. The molecule has 116 valence electrons. The second-order valence-corrected chi connectivity index (χ2v) is 6.65. The van der Waals surface area contributed by atoms with Crippen LogP contribution in [0.25, 0.3) is 0 Å². The Morgan fingerprint density at radius 3 is 2.59 bits per heavy atom. The number of nitrogens with one attached hydrogen (secondary N) is 1. The molecular weight excluding hydrogens is 315 g/mol. The number of nitrogens with zero attached hydrogens (tertiary/aromatic N) is 1. The van der Waals surface area contributed by atoms with E-state index in [0.717, 1.165) is 26.2 Å². The van der Waals surface area contributed by atoms with Gasteiger partial charge < -0.3 is 5.32 Å². The van der Waals surface area contributed by atoms with Gasteiger partial charge >= 0.3 is 0 Å². The van der Waals surface area contributed by atoms with Crippen molar-refractivity contribution < 1.29 is 0 Å². The maximum atomic E-state index is 6.05. The Hall–Kier alpha value is -1.06. The number of halogens is 2. The summed E-state index contributed by atoms with van der Waals surface area (Å²) in [6, 6.07) is 17.0. The molecule has 3 rings (SSSR count). The van der Waals surface area contributed by atoms with E-state index < -0.39 is 0 Å². The number of rotatable bonds is 5. The molecule has 2 nitrogen and oxygen atoms in total. The molecule has 1 atom stereocenters. The zero-order valence-corrected chi connectivity index (χ0v) is 13.9. The number of hydrogen-bond donors (Lipinski definition) is 1. The molecule has 0 aromatic heterocycles. The molecule has 22 heavy (non-hydrogen) atoms. The molecular formula is C18H20Cl2N2. The third kappa shape index (κ3) is 4.23. The molecule has 1 aliphatic rings. The van der Waals surface area contributed by atoms with Gasteiger partial charge in [0.25, 0.3) is 0 Å². The van der Waals surface area contributed by atoms with Crippen LogP contribution in [-0.2, 0) is 13.1 Å². The van der Waals surface area contributed by atoms with E-state index in [0.29, 0.717) is 16.1 Å². The van der Waals surface area contributed by atoms with Crippen molar-refractivity contribution in [2.75, 3.05) is 13.1 Å². The topological polar surface area (TPSA) is 15.3 Å². The lowest BCUT2D eigenvalue weighted by atomic mass is 10.2. The summed E-state index contributed by atoms with van der Waals surface area (Å²) in [4.78, 5) is 2.50. The van der Waals surface area contributed by atoms with Crippen LogP contribution in [0.3, 0.4) is 0 Å². The molecule has 4 heteroatoms. The Morgan fingerprint density at radius 2 is 1.82 bits per heavy atom. The van der Waals surface area contributed by atoms with Crippen molar-refractivity contribution in [1.82, 2.24) is 10.2 Å². The molecule has 1 fully saturated rings. The summed E-state index contributed by atoms with van der Waals surface area (Å²) in [5, 5.41) is 4.85. The molecule has 2 aromatic rings. The van der Waals surface area contributed by atoms with Gasteiger partial charge in [-0.1, -0.05) is 59.6 Å². The van der Waals surface area contributed by atoms with Crippen molar-refractivity contribution in [3.8, 4) is 0 Å². The first-order chi connectivity index (χ1) is 10.7. The number of hydrogen-bond acceptors (Lipinski definition) is 2. The predicted octanol–water partition coefficient (Wildman–Crippen LogP) is 4.36. The molecule has 0 spiro atoms. The molecule has 0 saturated carbocycles. The quantitative estimate of drug-likeness (QED) is 0.873. The lowest BCUT2D eigenvalue weighted by molar-refractivity contribution is 0.320. The van der Waals surface area contributed by atoms with Crippen LogP contribution in [0, 0.1) is 0 Å². The maximum absolute atomic E-state index is 6.05. The minimum Gasteiger partial charge on any atom is -0.309 e. The fraction of sp³-hybridized carbons (Fsp3) is 0.333. The normalized spacial score (nSPS) is 18.7. The molecule has 2 aromatic carbocycles. The van der Waals surface area contributed by atoms with E-state index in [1.165, 1.54) is 17.5 Å². The second-order valence-electron chi connectivity index (χ2n) is 5.84. The van der Waals surface area contributed by atoms with Crippen LogP contribution in [-0.4, -0.2) is 24.0 Å². The van der Waals surface area contributed by atoms with Crippen LogP contribution in [0.5, 0.6) is 0 Å². The van der Waals surface area contributed by atoms with Crippen molar-refractivity contribution in [2.24, 2.45) is 0 Å². The van der Waals surface area contributed by atoms with E-state index in [1.807, 2.05) is 18.2 Å². The summed E-state index contributed by atoms with van der Waals surface area (Å²) in [6.45, 7) is 4.11.